The third kappa shape index (κ3) is 4.50. The zero-order valence-corrected chi connectivity index (χ0v) is 7.52. The Kier molecular flexibility index (Phi) is 4.74. The van der Waals surface area contributed by atoms with Crippen LogP contribution in [0.3, 0.4) is 0 Å². The van der Waals surface area contributed by atoms with Gasteiger partial charge in [0, 0.05) is 12.2 Å². The molecule has 0 aromatic rings. The van der Waals surface area contributed by atoms with E-state index < -0.39 is 18.5 Å². The smallest absolute Gasteiger partial charge is 0.196 e. The van der Waals surface area contributed by atoms with Crippen molar-refractivity contribution in [2.45, 2.75) is 18.5 Å². The first kappa shape index (κ1) is 12.7. The highest BCUT2D eigenvalue weighted by molar-refractivity contribution is 7.99. The molecule has 0 unspecified atom stereocenters. The molecule has 0 fully saturated rings. The highest BCUT2D eigenvalue weighted by atomic mass is 32.2. The average Bonchev–Trinajstić information content (AvgIpc) is 1.96. The molecule has 6 heteroatoms. The van der Waals surface area contributed by atoms with Gasteiger partial charge in [-0.3, -0.25) is 0 Å². The first-order valence-electron chi connectivity index (χ1n) is 3.44. The molecule has 0 aliphatic rings. The molecule has 0 heterocycles. The average molecular weight is 220 g/mol. The van der Waals surface area contributed by atoms with E-state index in [4.69, 9.17) is 0 Å². The third-order valence-corrected chi connectivity index (χ3v) is 2.18. The van der Waals surface area contributed by atoms with E-state index in [0.29, 0.717) is 5.75 Å². The van der Waals surface area contributed by atoms with Crippen molar-refractivity contribution in [1.82, 2.24) is 0 Å². The Bertz CT molecular complexity index is 163. The summed E-state index contributed by atoms with van der Waals surface area (Å²) in [6.45, 7) is 3.31. The molecule has 0 aromatic heterocycles. The Hall–Kier alpha value is -0.260. The zero-order chi connectivity index (χ0) is 10.5. The van der Waals surface area contributed by atoms with E-state index in [2.05, 4.69) is 6.58 Å². The summed E-state index contributed by atoms with van der Waals surface area (Å²) in [6.07, 6.45) is -5.15. The minimum Gasteiger partial charge on any atom is -0.196 e. The molecular formula is C7H9F5S. The van der Waals surface area contributed by atoms with Crippen molar-refractivity contribution in [1.29, 1.82) is 0 Å². The van der Waals surface area contributed by atoms with Crippen LogP contribution < -0.4 is 0 Å². The summed E-state index contributed by atoms with van der Waals surface area (Å²) < 4.78 is 59.1. The van der Waals surface area contributed by atoms with Gasteiger partial charge in [-0.05, 0) is 5.75 Å². The molecule has 13 heavy (non-hydrogen) atoms. The second-order valence-corrected chi connectivity index (χ2v) is 3.47. The van der Waals surface area contributed by atoms with Crippen LogP contribution in [0.4, 0.5) is 22.0 Å². The van der Waals surface area contributed by atoms with Crippen molar-refractivity contribution in [3.63, 3.8) is 0 Å². The van der Waals surface area contributed by atoms with Gasteiger partial charge in [0.15, 0.2) is 0 Å². The van der Waals surface area contributed by atoms with Crippen LogP contribution in [0, 0.1) is 0 Å². The second-order valence-electron chi connectivity index (χ2n) is 2.32. The lowest BCUT2D eigenvalue weighted by Gasteiger charge is -2.18. The van der Waals surface area contributed by atoms with Crippen molar-refractivity contribution < 1.29 is 22.0 Å². The fourth-order valence-corrected chi connectivity index (χ4v) is 1.24. The van der Waals surface area contributed by atoms with E-state index in [1.54, 1.807) is 0 Å². The minimum absolute atomic E-state index is 0.224. The SMILES string of the molecule is C=CCSCCC(F)(F)C(F)(F)F. The molecule has 0 nitrogen and oxygen atoms in total. The van der Waals surface area contributed by atoms with Gasteiger partial charge in [-0.15, -0.1) is 6.58 Å². The predicted molar refractivity (Wildman–Crippen MR) is 43.1 cm³/mol. The number of rotatable bonds is 5. The highest BCUT2D eigenvalue weighted by Gasteiger charge is 2.56. The normalized spacial score (nSPS) is 13.0. The summed E-state index contributed by atoms with van der Waals surface area (Å²) in [6, 6.07) is 0. The van der Waals surface area contributed by atoms with E-state index in [9.17, 15) is 22.0 Å². The first-order chi connectivity index (χ1) is 5.81. The Morgan fingerprint density at radius 3 is 2.08 bits per heavy atom. The van der Waals surface area contributed by atoms with Crippen molar-refractivity contribution >= 4 is 11.8 Å². The van der Waals surface area contributed by atoms with E-state index in [-0.39, 0.29) is 5.75 Å². The number of hydrogen-bond donors (Lipinski definition) is 0. The van der Waals surface area contributed by atoms with Crippen LogP contribution in [-0.2, 0) is 0 Å². The second kappa shape index (κ2) is 4.83. The molecule has 78 valence electrons. The number of alkyl halides is 5. The monoisotopic (exact) mass is 220 g/mol. The molecule has 0 atom stereocenters. The van der Waals surface area contributed by atoms with Gasteiger partial charge in [-0.2, -0.15) is 33.7 Å². The molecule has 0 rings (SSSR count). The molecule has 0 spiro atoms. The summed E-state index contributed by atoms with van der Waals surface area (Å²) in [4.78, 5) is 0. The van der Waals surface area contributed by atoms with Gasteiger partial charge in [0.1, 0.15) is 0 Å². The maximum atomic E-state index is 12.2. The van der Waals surface area contributed by atoms with Gasteiger partial charge < -0.3 is 0 Å². The molecule has 0 aliphatic carbocycles. The van der Waals surface area contributed by atoms with E-state index in [1.165, 1.54) is 6.08 Å². The molecule has 0 aromatic carbocycles. The maximum absolute atomic E-state index is 12.2. The standard InChI is InChI=1S/C7H9F5S/c1-2-4-13-5-3-6(8,9)7(10,11)12/h2H,1,3-5H2. The summed E-state index contributed by atoms with van der Waals surface area (Å²) in [5.41, 5.74) is 0. The van der Waals surface area contributed by atoms with Crippen LogP contribution in [0.2, 0.25) is 0 Å². The summed E-state index contributed by atoms with van der Waals surface area (Å²) >= 11 is 0.998. The molecule has 0 aliphatic heterocycles. The zero-order valence-electron chi connectivity index (χ0n) is 6.70. The molecule has 0 amide bonds. The van der Waals surface area contributed by atoms with Gasteiger partial charge in [0.2, 0.25) is 0 Å². The minimum atomic E-state index is -5.43. The molecule has 0 radical (unpaired) electrons. The van der Waals surface area contributed by atoms with Gasteiger partial charge in [-0.25, -0.2) is 0 Å². The molecular weight excluding hydrogens is 211 g/mol. The van der Waals surface area contributed by atoms with E-state index in [1.807, 2.05) is 0 Å². The summed E-state index contributed by atoms with van der Waals surface area (Å²) in [5, 5.41) is 0. The molecule has 0 saturated heterocycles. The number of thioether (sulfide) groups is 1. The molecule has 0 N–H and O–H groups in total. The molecule has 0 saturated carbocycles. The van der Waals surface area contributed by atoms with Crippen molar-refractivity contribution in [2.24, 2.45) is 0 Å². The van der Waals surface area contributed by atoms with Gasteiger partial charge in [-0.1, -0.05) is 6.08 Å². The van der Waals surface area contributed by atoms with E-state index in [0.717, 1.165) is 11.8 Å². The highest BCUT2D eigenvalue weighted by Crippen LogP contribution is 2.38. The maximum Gasteiger partial charge on any atom is 0.453 e. The van der Waals surface area contributed by atoms with Crippen LogP contribution in [0.5, 0.6) is 0 Å². The van der Waals surface area contributed by atoms with Crippen LogP contribution in [-0.4, -0.2) is 23.6 Å². The Labute approximate surface area is 77.2 Å². The van der Waals surface area contributed by atoms with Gasteiger partial charge >= 0.3 is 12.1 Å². The van der Waals surface area contributed by atoms with Crippen molar-refractivity contribution in [2.75, 3.05) is 11.5 Å². The number of hydrogen-bond acceptors (Lipinski definition) is 1. The Morgan fingerprint density at radius 1 is 1.15 bits per heavy atom. The fraction of sp³-hybridized carbons (Fsp3) is 0.714. The number of halogens is 5. The first-order valence-corrected chi connectivity index (χ1v) is 4.60. The van der Waals surface area contributed by atoms with Crippen LogP contribution in [0.15, 0.2) is 12.7 Å². The quantitative estimate of drug-likeness (QED) is 0.388. The predicted octanol–water partition coefficient (Wildman–Crippen LogP) is 3.49. The Morgan fingerprint density at radius 2 is 1.69 bits per heavy atom. The van der Waals surface area contributed by atoms with Gasteiger partial charge in [0.05, 0.1) is 0 Å². The van der Waals surface area contributed by atoms with Crippen molar-refractivity contribution in [3.8, 4) is 0 Å². The third-order valence-electron chi connectivity index (χ3n) is 1.21. The van der Waals surface area contributed by atoms with Gasteiger partial charge in [0.25, 0.3) is 0 Å². The molecule has 0 bridgehead atoms. The van der Waals surface area contributed by atoms with Crippen LogP contribution >= 0.6 is 11.8 Å². The summed E-state index contributed by atoms with van der Waals surface area (Å²) in [5.74, 6) is -4.41. The van der Waals surface area contributed by atoms with Crippen LogP contribution in [0.25, 0.3) is 0 Å². The fourth-order valence-electron chi connectivity index (χ4n) is 0.509. The largest absolute Gasteiger partial charge is 0.453 e. The van der Waals surface area contributed by atoms with E-state index >= 15 is 0 Å². The van der Waals surface area contributed by atoms with Crippen molar-refractivity contribution in [3.05, 3.63) is 12.7 Å². The van der Waals surface area contributed by atoms with Crippen LogP contribution in [0.1, 0.15) is 6.42 Å². The lowest BCUT2D eigenvalue weighted by molar-refractivity contribution is -0.282. The lowest BCUT2D eigenvalue weighted by atomic mass is 10.2. The lowest BCUT2D eigenvalue weighted by Crippen LogP contribution is -2.36. The Balaban J connectivity index is 3.83. The summed E-state index contributed by atoms with van der Waals surface area (Å²) in [7, 11) is 0. The topological polar surface area (TPSA) is 0 Å².